The molecule has 1 aromatic rings. The van der Waals surface area contributed by atoms with Gasteiger partial charge in [-0.1, -0.05) is 30.3 Å². The third-order valence-electron chi connectivity index (χ3n) is 4.34. The molecule has 2 rings (SSSR count). The molecule has 1 saturated heterocycles. The van der Waals surface area contributed by atoms with Gasteiger partial charge in [0.25, 0.3) is 0 Å². The van der Waals surface area contributed by atoms with E-state index in [4.69, 9.17) is 0 Å². The van der Waals surface area contributed by atoms with E-state index in [1.54, 1.807) is 35.2 Å². The first kappa shape index (κ1) is 19.9. The summed E-state index contributed by atoms with van der Waals surface area (Å²) in [5, 5.41) is 1.88. The Hall–Kier alpha value is -2.38. The van der Waals surface area contributed by atoms with Gasteiger partial charge in [0.2, 0.25) is 11.8 Å². The third-order valence-corrected chi connectivity index (χ3v) is 4.34. The predicted molar refractivity (Wildman–Crippen MR) is 88.4 cm³/mol. The first-order valence-electron chi connectivity index (χ1n) is 8.47. The highest BCUT2D eigenvalue weighted by molar-refractivity contribution is 5.97. The van der Waals surface area contributed by atoms with Crippen molar-refractivity contribution in [3.63, 3.8) is 0 Å². The number of hydrogen-bond acceptors (Lipinski definition) is 3. The maximum absolute atomic E-state index is 12.2. The maximum Gasteiger partial charge on any atom is 0.405 e. The number of likely N-dealkylation sites (tertiary alicyclic amines) is 1. The zero-order valence-electron chi connectivity index (χ0n) is 14.2. The van der Waals surface area contributed by atoms with Crippen LogP contribution in [0.3, 0.4) is 0 Å². The van der Waals surface area contributed by atoms with Crippen molar-refractivity contribution in [2.45, 2.75) is 31.9 Å². The van der Waals surface area contributed by atoms with Gasteiger partial charge >= 0.3 is 6.18 Å². The first-order valence-corrected chi connectivity index (χ1v) is 8.47. The highest BCUT2D eigenvalue weighted by Crippen LogP contribution is 2.20. The number of hydrogen-bond donors (Lipinski definition) is 1. The van der Waals surface area contributed by atoms with Crippen molar-refractivity contribution in [2.75, 3.05) is 19.6 Å². The monoisotopic (exact) mass is 370 g/mol. The minimum atomic E-state index is -4.43. The standard InChI is InChI=1S/C18H21F3N2O3/c19-18(20,21)12-22-17(26)14-8-10-23(11-9-14)16(25)7-6-15(24)13-4-2-1-3-5-13/h1-5,14H,6-12H2,(H,22,26). The average molecular weight is 370 g/mol. The van der Waals surface area contributed by atoms with Crippen molar-refractivity contribution in [2.24, 2.45) is 5.92 Å². The fraction of sp³-hybridized carbons (Fsp3) is 0.500. The number of rotatable bonds is 6. The summed E-state index contributed by atoms with van der Waals surface area (Å²) < 4.78 is 36.4. The molecule has 0 radical (unpaired) electrons. The van der Waals surface area contributed by atoms with Crippen LogP contribution in [0, 0.1) is 5.92 Å². The Bertz CT molecular complexity index is 639. The lowest BCUT2D eigenvalue weighted by atomic mass is 9.95. The molecule has 1 aliphatic heterocycles. The molecule has 0 atom stereocenters. The Kier molecular flexibility index (Phi) is 6.76. The lowest BCUT2D eigenvalue weighted by Crippen LogP contribution is -2.44. The van der Waals surface area contributed by atoms with Crippen LogP contribution in [0.4, 0.5) is 13.2 Å². The fourth-order valence-electron chi connectivity index (χ4n) is 2.87. The van der Waals surface area contributed by atoms with Crippen LogP contribution in [0.5, 0.6) is 0 Å². The van der Waals surface area contributed by atoms with E-state index in [9.17, 15) is 27.6 Å². The Labute approximate surface area is 149 Å². The van der Waals surface area contributed by atoms with Crippen LogP contribution in [0.15, 0.2) is 30.3 Å². The van der Waals surface area contributed by atoms with Crippen LogP contribution in [-0.2, 0) is 9.59 Å². The Morgan fingerprint density at radius 2 is 1.65 bits per heavy atom. The molecule has 0 unspecified atom stereocenters. The molecule has 1 fully saturated rings. The summed E-state index contributed by atoms with van der Waals surface area (Å²) in [7, 11) is 0. The van der Waals surface area contributed by atoms with Crippen molar-refractivity contribution in [1.82, 2.24) is 10.2 Å². The van der Waals surface area contributed by atoms with Gasteiger partial charge in [0.05, 0.1) is 0 Å². The van der Waals surface area contributed by atoms with Crippen LogP contribution in [-0.4, -0.2) is 48.3 Å². The molecule has 0 aliphatic carbocycles. The smallest absolute Gasteiger partial charge is 0.347 e. The summed E-state index contributed by atoms with van der Waals surface area (Å²) >= 11 is 0. The van der Waals surface area contributed by atoms with Crippen LogP contribution < -0.4 is 5.32 Å². The number of carbonyl (C=O) groups excluding carboxylic acids is 3. The van der Waals surface area contributed by atoms with Crippen molar-refractivity contribution in [1.29, 1.82) is 0 Å². The van der Waals surface area contributed by atoms with Gasteiger partial charge < -0.3 is 10.2 Å². The molecule has 1 aliphatic rings. The minimum Gasteiger partial charge on any atom is -0.347 e. The molecule has 1 aromatic carbocycles. The van der Waals surface area contributed by atoms with Crippen molar-refractivity contribution < 1.29 is 27.6 Å². The van der Waals surface area contributed by atoms with E-state index in [1.807, 2.05) is 5.32 Å². The number of amides is 2. The molecule has 26 heavy (non-hydrogen) atoms. The highest BCUT2D eigenvalue weighted by atomic mass is 19.4. The number of nitrogens with one attached hydrogen (secondary N) is 1. The quantitative estimate of drug-likeness (QED) is 0.783. The number of carbonyl (C=O) groups is 3. The summed E-state index contributed by atoms with van der Waals surface area (Å²) in [5.74, 6) is -1.44. The molecule has 0 spiro atoms. The maximum atomic E-state index is 12.2. The van der Waals surface area contributed by atoms with Gasteiger partial charge in [-0.3, -0.25) is 14.4 Å². The van der Waals surface area contributed by atoms with Crippen LogP contribution >= 0.6 is 0 Å². The first-order chi connectivity index (χ1) is 12.3. The third kappa shape index (κ3) is 6.16. The van der Waals surface area contributed by atoms with Crippen molar-refractivity contribution in [3.8, 4) is 0 Å². The Morgan fingerprint density at radius 1 is 1.04 bits per heavy atom. The molecule has 8 heteroatoms. The van der Waals surface area contributed by atoms with E-state index in [-0.39, 0.29) is 24.5 Å². The largest absolute Gasteiger partial charge is 0.405 e. The molecule has 0 aromatic heterocycles. The molecule has 1 heterocycles. The normalized spacial score (nSPS) is 15.6. The molecular weight excluding hydrogens is 349 g/mol. The zero-order chi connectivity index (χ0) is 19.2. The summed E-state index contributed by atoms with van der Waals surface area (Å²) in [6, 6.07) is 8.69. The van der Waals surface area contributed by atoms with Crippen LogP contribution in [0.2, 0.25) is 0 Å². The van der Waals surface area contributed by atoms with Gasteiger partial charge in [-0.05, 0) is 12.8 Å². The second-order valence-electron chi connectivity index (χ2n) is 6.28. The van der Waals surface area contributed by atoms with E-state index in [2.05, 4.69) is 0 Å². The van der Waals surface area contributed by atoms with Gasteiger partial charge in [-0.2, -0.15) is 13.2 Å². The Morgan fingerprint density at radius 3 is 2.23 bits per heavy atom. The number of alkyl halides is 3. The molecule has 2 amide bonds. The summed E-state index contributed by atoms with van der Waals surface area (Å²) in [5.41, 5.74) is 0.556. The van der Waals surface area contributed by atoms with E-state index >= 15 is 0 Å². The number of Topliss-reactive ketones (excluding diaryl/α,β-unsaturated/α-hetero) is 1. The van der Waals surface area contributed by atoms with Crippen molar-refractivity contribution in [3.05, 3.63) is 35.9 Å². The predicted octanol–water partition coefficient (Wildman–Crippen LogP) is 2.57. The fourth-order valence-corrected chi connectivity index (χ4v) is 2.87. The summed E-state index contributed by atoms with van der Waals surface area (Å²) in [6.45, 7) is -0.725. The molecule has 5 nitrogen and oxygen atoms in total. The van der Waals surface area contributed by atoms with Gasteiger partial charge in [0, 0.05) is 37.4 Å². The number of nitrogens with zero attached hydrogens (tertiary/aromatic N) is 1. The van der Waals surface area contributed by atoms with Crippen LogP contribution in [0.25, 0.3) is 0 Å². The number of ketones is 1. The molecule has 0 bridgehead atoms. The molecule has 142 valence electrons. The number of benzene rings is 1. The molecule has 1 N–H and O–H groups in total. The second kappa shape index (κ2) is 8.82. The van der Waals surface area contributed by atoms with Gasteiger partial charge in [0.15, 0.2) is 5.78 Å². The van der Waals surface area contributed by atoms with E-state index in [0.717, 1.165) is 0 Å². The lowest BCUT2D eigenvalue weighted by molar-refractivity contribution is -0.143. The van der Waals surface area contributed by atoms with E-state index < -0.39 is 24.5 Å². The van der Waals surface area contributed by atoms with Crippen molar-refractivity contribution >= 4 is 17.6 Å². The van der Waals surface area contributed by atoms with E-state index in [1.165, 1.54) is 0 Å². The highest BCUT2D eigenvalue weighted by Gasteiger charge is 2.31. The van der Waals surface area contributed by atoms with Crippen LogP contribution in [0.1, 0.15) is 36.0 Å². The lowest BCUT2D eigenvalue weighted by Gasteiger charge is -2.31. The zero-order valence-corrected chi connectivity index (χ0v) is 14.2. The summed E-state index contributed by atoms with van der Waals surface area (Å²) in [6.07, 6.45) is -3.60. The average Bonchev–Trinajstić information content (AvgIpc) is 2.64. The number of piperidine rings is 1. The van der Waals surface area contributed by atoms with E-state index in [0.29, 0.717) is 31.5 Å². The molecular formula is C18H21F3N2O3. The van der Waals surface area contributed by atoms with Gasteiger partial charge in [-0.15, -0.1) is 0 Å². The minimum absolute atomic E-state index is 0.0820. The number of halogens is 3. The second-order valence-corrected chi connectivity index (χ2v) is 6.28. The van der Waals surface area contributed by atoms with Gasteiger partial charge in [-0.25, -0.2) is 0 Å². The molecule has 0 saturated carbocycles. The van der Waals surface area contributed by atoms with Gasteiger partial charge in [0.1, 0.15) is 6.54 Å². The SMILES string of the molecule is O=C(CCC(=O)N1CCC(C(=O)NCC(F)(F)F)CC1)c1ccccc1. The summed E-state index contributed by atoms with van der Waals surface area (Å²) in [4.78, 5) is 37.5. The Balaban J connectivity index is 1.72. The topological polar surface area (TPSA) is 66.5 Å².